The highest BCUT2D eigenvalue weighted by Crippen LogP contribution is 2.16. The van der Waals surface area contributed by atoms with Gasteiger partial charge in [-0.25, -0.2) is 4.39 Å². The molecule has 17 heavy (non-hydrogen) atoms. The topological polar surface area (TPSA) is 40.5 Å². The number of benzene rings is 1. The molecule has 0 spiro atoms. The lowest BCUT2D eigenvalue weighted by molar-refractivity contribution is 0.0936. The van der Waals surface area contributed by atoms with E-state index < -0.39 is 5.82 Å². The van der Waals surface area contributed by atoms with Gasteiger partial charge in [0.25, 0.3) is 0 Å². The van der Waals surface area contributed by atoms with Crippen LogP contribution < -0.4 is 0 Å². The van der Waals surface area contributed by atoms with Crippen LogP contribution in [0.4, 0.5) is 4.39 Å². The van der Waals surface area contributed by atoms with Crippen molar-refractivity contribution in [1.82, 2.24) is 4.90 Å². The zero-order valence-electron chi connectivity index (χ0n) is 9.60. The minimum atomic E-state index is -0.463. The predicted octanol–water partition coefficient (Wildman–Crippen LogP) is 1.32. The smallest absolute Gasteiger partial charge is 0.179 e. The molecule has 0 bridgehead atoms. The van der Waals surface area contributed by atoms with Crippen LogP contribution in [0.25, 0.3) is 0 Å². The van der Waals surface area contributed by atoms with Crippen molar-refractivity contribution in [3.8, 4) is 0 Å². The molecule has 0 radical (unpaired) electrons. The van der Waals surface area contributed by atoms with Crippen LogP contribution in [0.1, 0.15) is 16.8 Å². The normalized spacial score (nSPS) is 20.7. The second-order valence-electron chi connectivity index (χ2n) is 4.48. The van der Waals surface area contributed by atoms with Crippen molar-refractivity contribution >= 4 is 5.78 Å². The van der Waals surface area contributed by atoms with Gasteiger partial charge >= 0.3 is 0 Å². The number of likely N-dealkylation sites (tertiary alicyclic amines) is 1. The van der Waals surface area contributed by atoms with Crippen molar-refractivity contribution < 1.29 is 14.3 Å². The minimum Gasteiger partial charge on any atom is -0.396 e. The number of halogens is 1. The molecule has 1 heterocycles. The van der Waals surface area contributed by atoms with Gasteiger partial charge in [0.05, 0.1) is 12.1 Å². The number of aliphatic hydroxyl groups is 1. The molecule has 3 nitrogen and oxygen atoms in total. The Kier molecular flexibility index (Phi) is 3.86. The van der Waals surface area contributed by atoms with E-state index in [0.29, 0.717) is 0 Å². The zero-order chi connectivity index (χ0) is 12.3. The van der Waals surface area contributed by atoms with Gasteiger partial charge < -0.3 is 5.11 Å². The van der Waals surface area contributed by atoms with Gasteiger partial charge in [0.15, 0.2) is 5.78 Å². The van der Waals surface area contributed by atoms with E-state index in [9.17, 15) is 9.18 Å². The molecular weight excluding hydrogens is 221 g/mol. The number of rotatable bonds is 4. The second-order valence-corrected chi connectivity index (χ2v) is 4.48. The summed E-state index contributed by atoms with van der Waals surface area (Å²) in [5.41, 5.74) is 0.153. The highest BCUT2D eigenvalue weighted by Gasteiger charge is 2.24. The fourth-order valence-corrected chi connectivity index (χ4v) is 2.18. The Morgan fingerprint density at radius 1 is 1.47 bits per heavy atom. The molecule has 0 amide bonds. The summed E-state index contributed by atoms with van der Waals surface area (Å²) in [5.74, 6) is -0.402. The van der Waals surface area contributed by atoms with Gasteiger partial charge in [-0.2, -0.15) is 0 Å². The molecule has 92 valence electrons. The number of Topliss-reactive ketones (excluding diaryl/α,β-unsaturated/α-hetero) is 1. The second kappa shape index (κ2) is 5.38. The molecule has 1 N–H and O–H groups in total. The summed E-state index contributed by atoms with van der Waals surface area (Å²) in [5, 5.41) is 9.01. The summed E-state index contributed by atoms with van der Waals surface area (Å²) in [4.78, 5) is 13.8. The van der Waals surface area contributed by atoms with Crippen molar-refractivity contribution in [3.63, 3.8) is 0 Å². The molecule has 2 rings (SSSR count). The molecule has 1 aromatic carbocycles. The maximum Gasteiger partial charge on any atom is 0.179 e. The van der Waals surface area contributed by atoms with Crippen molar-refractivity contribution in [1.29, 1.82) is 0 Å². The van der Waals surface area contributed by atoms with Crippen molar-refractivity contribution in [2.24, 2.45) is 5.92 Å². The third kappa shape index (κ3) is 2.90. The summed E-state index contributed by atoms with van der Waals surface area (Å²) in [7, 11) is 0. The fourth-order valence-electron chi connectivity index (χ4n) is 2.18. The number of ketones is 1. The minimum absolute atomic E-state index is 0.153. The summed E-state index contributed by atoms with van der Waals surface area (Å²) >= 11 is 0. The Balaban J connectivity index is 1.96. The molecule has 1 saturated heterocycles. The molecule has 1 aliphatic heterocycles. The highest BCUT2D eigenvalue weighted by molar-refractivity contribution is 5.97. The third-order valence-electron chi connectivity index (χ3n) is 3.17. The predicted molar refractivity (Wildman–Crippen MR) is 62.4 cm³/mol. The fraction of sp³-hybridized carbons (Fsp3) is 0.462. The van der Waals surface area contributed by atoms with Crippen LogP contribution in [-0.2, 0) is 0 Å². The van der Waals surface area contributed by atoms with Crippen molar-refractivity contribution in [2.75, 3.05) is 26.2 Å². The SMILES string of the molecule is O=C(CN1CCC(CO)C1)c1ccccc1F. The largest absolute Gasteiger partial charge is 0.396 e. The first kappa shape index (κ1) is 12.2. The lowest BCUT2D eigenvalue weighted by Gasteiger charge is -2.14. The lowest BCUT2D eigenvalue weighted by atomic mass is 10.1. The maximum absolute atomic E-state index is 13.4. The molecule has 1 atom stereocenters. The Hall–Kier alpha value is -1.26. The average molecular weight is 237 g/mol. The summed E-state index contributed by atoms with van der Waals surface area (Å²) < 4.78 is 13.4. The van der Waals surface area contributed by atoms with Crippen molar-refractivity contribution in [3.05, 3.63) is 35.6 Å². The van der Waals surface area contributed by atoms with Gasteiger partial charge in [0.1, 0.15) is 5.82 Å². The van der Waals surface area contributed by atoms with Gasteiger partial charge in [-0.1, -0.05) is 12.1 Å². The van der Waals surface area contributed by atoms with Gasteiger partial charge in [-0.05, 0) is 31.0 Å². The first-order chi connectivity index (χ1) is 8.20. The van der Waals surface area contributed by atoms with Gasteiger partial charge in [-0.15, -0.1) is 0 Å². The maximum atomic E-state index is 13.4. The van der Waals surface area contributed by atoms with E-state index in [4.69, 9.17) is 5.11 Å². The summed E-state index contributed by atoms with van der Waals surface area (Å²) in [6.45, 7) is 1.91. The van der Waals surface area contributed by atoms with Crippen molar-refractivity contribution in [2.45, 2.75) is 6.42 Å². The first-order valence-corrected chi connectivity index (χ1v) is 5.81. The van der Waals surface area contributed by atoms with E-state index in [1.54, 1.807) is 12.1 Å². The van der Waals surface area contributed by atoms with Crippen LogP contribution in [0.3, 0.4) is 0 Å². The van der Waals surface area contributed by atoms with Crippen LogP contribution in [-0.4, -0.2) is 42.0 Å². The summed E-state index contributed by atoms with van der Waals surface area (Å²) in [6.07, 6.45) is 0.904. The van der Waals surface area contributed by atoms with E-state index in [2.05, 4.69) is 0 Å². The molecule has 1 aliphatic rings. The van der Waals surface area contributed by atoms with E-state index in [-0.39, 0.29) is 30.4 Å². The summed E-state index contributed by atoms with van der Waals surface area (Å²) in [6, 6.07) is 6.05. The number of aliphatic hydroxyl groups excluding tert-OH is 1. The monoisotopic (exact) mass is 237 g/mol. The highest BCUT2D eigenvalue weighted by atomic mass is 19.1. The molecule has 0 aromatic heterocycles. The Morgan fingerprint density at radius 2 is 2.24 bits per heavy atom. The number of nitrogens with zero attached hydrogens (tertiary/aromatic N) is 1. The standard InChI is InChI=1S/C13H16FNO2/c14-12-4-2-1-3-11(12)13(17)8-15-6-5-10(7-15)9-16/h1-4,10,16H,5-9H2. The molecule has 4 heteroatoms. The molecule has 0 aliphatic carbocycles. The van der Waals surface area contributed by atoms with Crippen LogP contribution in [0.5, 0.6) is 0 Å². The van der Waals surface area contributed by atoms with Gasteiger partial charge in [0.2, 0.25) is 0 Å². The molecule has 0 saturated carbocycles. The van der Waals surface area contributed by atoms with E-state index in [1.165, 1.54) is 12.1 Å². The Bertz CT molecular complexity index is 408. The van der Waals surface area contributed by atoms with Crippen LogP contribution >= 0.6 is 0 Å². The molecule has 1 fully saturated rings. The number of carbonyl (C=O) groups excluding carboxylic acids is 1. The van der Waals surface area contributed by atoms with Gasteiger partial charge in [-0.3, -0.25) is 9.69 Å². The van der Waals surface area contributed by atoms with E-state index in [1.807, 2.05) is 4.90 Å². The van der Waals surface area contributed by atoms with Crippen LogP contribution in [0.15, 0.2) is 24.3 Å². The third-order valence-corrected chi connectivity index (χ3v) is 3.17. The number of hydrogen-bond donors (Lipinski definition) is 1. The Labute approximate surface area is 99.9 Å². The number of hydrogen-bond acceptors (Lipinski definition) is 3. The first-order valence-electron chi connectivity index (χ1n) is 5.81. The zero-order valence-corrected chi connectivity index (χ0v) is 9.60. The van der Waals surface area contributed by atoms with E-state index in [0.717, 1.165) is 19.5 Å². The van der Waals surface area contributed by atoms with Crippen LogP contribution in [0.2, 0.25) is 0 Å². The molecule has 1 unspecified atom stereocenters. The average Bonchev–Trinajstić information content (AvgIpc) is 2.77. The molecule has 1 aromatic rings. The van der Waals surface area contributed by atoms with E-state index >= 15 is 0 Å². The number of carbonyl (C=O) groups is 1. The molecular formula is C13H16FNO2. The quantitative estimate of drug-likeness (QED) is 0.803. The Morgan fingerprint density at radius 3 is 2.88 bits per heavy atom. The lowest BCUT2D eigenvalue weighted by Crippen LogP contribution is -2.28. The van der Waals surface area contributed by atoms with Gasteiger partial charge in [0, 0.05) is 13.2 Å². The van der Waals surface area contributed by atoms with Crippen LogP contribution in [0, 0.1) is 11.7 Å².